The second-order valence-corrected chi connectivity index (χ2v) is 5.20. The van der Waals surface area contributed by atoms with Crippen molar-refractivity contribution in [2.24, 2.45) is 5.73 Å². The predicted molar refractivity (Wildman–Crippen MR) is 67.0 cm³/mol. The van der Waals surface area contributed by atoms with Crippen LogP contribution in [0.1, 0.15) is 24.0 Å². The molecule has 4 heteroatoms. The zero-order valence-electron chi connectivity index (χ0n) is 9.24. The van der Waals surface area contributed by atoms with Crippen molar-refractivity contribution >= 4 is 21.8 Å². The first-order chi connectivity index (χ1) is 7.58. The summed E-state index contributed by atoms with van der Waals surface area (Å²) in [6, 6.07) is 6.21. The van der Waals surface area contributed by atoms with Crippen LogP contribution >= 0.6 is 15.9 Å². The van der Waals surface area contributed by atoms with Crippen molar-refractivity contribution in [3.05, 3.63) is 33.8 Å². The zero-order chi connectivity index (χ0) is 11.7. The molecule has 0 saturated heterocycles. The van der Waals surface area contributed by atoms with E-state index in [1.165, 1.54) is 11.1 Å². The first-order valence-electron chi connectivity index (χ1n) is 5.36. The van der Waals surface area contributed by atoms with E-state index in [-0.39, 0.29) is 5.91 Å². The second kappa shape index (κ2) is 4.55. The van der Waals surface area contributed by atoms with E-state index in [9.17, 15) is 4.79 Å². The SMILES string of the molecule is CC1CN(CC(N)=O)Cc2cccc(Br)c21. The molecule has 2 N–H and O–H groups in total. The van der Waals surface area contributed by atoms with Crippen molar-refractivity contribution in [1.29, 1.82) is 0 Å². The fourth-order valence-corrected chi connectivity index (χ4v) is 3.19. The lowest BCUT2D eigenvalue weighted by Gasteiger charge is -2.32. The largest absolute Gasteiger partial charge is 0.369 e. The van der Waals surface area contributed by atoms with Crippen LogP contribution in [0.15, 0.2) is 22.7 Å². The van der Waals surface area contributed by atoms with Crippen molar-refractivity contribution in [1.82, 2.24) is 4.90 Å². The molecule has 0 fully saturated rings. The molecule has 0 bridgehead atoms. The van der Waals surface area contributed by atoms with Crippen LogP contribution in [0.2, 0.25) is 0 Å². The second-order valence-electron chi connectivity index (χ2n) is 4.35. The summed E-state index contributed by atoms with van der Waals surface area (Å²) in [6.07, 6.45) is 0. The van der Waals surface area contributed by atoms with E-state index in [0.29, 0.717) is 12.5 Å². The molecular formula is C12H15BrN2O. The summed E-state index contributed by atoms with van der Waals surface area (Å²) in [4.78, 5) is 13.0. The minimum Gasteiger partial charge on any atom is -0.369 e. The van der Waals surface area contributed by atoms with Gasteiger partial charge >= 0.3 is 0 Å². The van der Waals surface area contributed by atoms with Crippen molar-refractivity contribution in [3.63, 3.8) is 0 Å². The number of carbonyl (C=O) groups is 1. The minimum absolute atomic E-state index is 0.259. The van der Waals surface area contributed by atoms with Gasteiger partial charge in [0, 0.05) is 17.6 Å². The lowest BCUT2D eigenvalue weighted by molar-refractivity contribution is -0.119. The van der Waals surface area contributed by atoms with Crippen LogP contribution < -0.4 is 5.73 Å². The zero-order valence-corrected chi connectivity index (χ0v) is 10.8. The molecule has 16 heavy (non-hydrogen) atoms. The van der Waals surface area contributed by atoms with Crippen molar-refractivity contribution in [3.8, 4) is 0 Å². The monoisotopic (exact) mass is 282 g/mol. The molecule has 0 saturated carbocycles. The first-order valence-corrected chi connectivity index (χ1v) is 6.15. The van der Waals surface area contributed by atoms with Crippen LogP contribution in [0.5, 0.6) is 0 Å². The highest BCUT2D eigenvalue weighted by molar-refractivity contribution is 9.10. The molecule has 0 radical (unpaired) electrons. The Morgan fingerprint density at radius 1 is 1.62 bits per heavy atom. The third-order valence-corrected chi connectivity index (χ3v) is 3.63. The third kappa shape index (κ3) is 2.28. The standard InChI is InChI=1S/C12H15BrN2O/c1-8-5-15(7-11(14)16)6-9-3-2-4-10(13)12(8)9/h2-4,8H,5-7H2,1H3,(H2,14,16). The maximum Gasteiger partial charge on any atom is 0.231 e. The highest BCUT2D eigenvalue weighted by atomic mass is 79.9. The number of hydrogen-bond donors (Lipinski definition) is 1. The summed E-state index contributed by atoms with van der Waals surface area (Å²) in [5.41, 5.74) is 7.88. The molecule has 1 aromatic carbocycles. The van der Waals surface area contributed by atoms with Crippen LogP contribution in [-0.4, -0.2) is 23.9 Å². The van der Waals surface area contributed by atoms with Gasteiger partial charge in [0.05, 0.1) is 6.54 Å². The molecule has 3 nitrogen and oxygen atoms in total. The number of nitrogens with two attached hydrogens (primary N) is 1. The molecule has 1 unspecified atom stereocenters. The summed E-state index contributed by atoms with van der Waals surface area (Å²) >= 11 is 3.58. The summed E-state index contributed by atoms with van der Waals surface area (Å²) in [6.45, 7) is 4.22. The molecule has 2 rings (SSSR count). The molecular weight excluding hydrogens is 268 g/mol. The van der Waals surface area contributed by atoms with Gasteiger partial charge in [-0.25, -0.2) is 0 Å². The summed E-state index contributed by atoms with van der Waals surface area (Å²) in [5.74, 6) is 0.171. The van der Waals surface area contributed by atoms with Gasteiger partial charge in [-0.2, -0.15) is 0 Å². The van der Waals surface area contributed by atoms with Gasteiger partial charge in [0.15, 0.2) is 0 Å². The minimum atomic E-state index is -0.259. The smallest absolute Gasteiger partial charge is 0.231 e. The van der Waals surface area contributed by atoms with E-state index in [4.69, 9.17) is 5.73 Å². The summed E-state index contributed by atoms with van der Waals surface area (Å²) in [5, 5.41) is 0. The Balaban J connectivity index is 2.26. The highest BCUT2D eigenvalue weighted by Gasteiger charge is 2.24. The molecule has 1 heterocycles. The average Bonchev–Trinajstić information content (AvgIpc) is 2.15. The molecule has 0 aromatic heterocycles. The van der Waals surface area contributed by atoms with Crippen LogP contribution in [-0.2, 0) is 11.3 Å². The molecule has 1 atom stereocenters. The number of carbonyl (C=O) groups excluding carboxylic acids is 1. The molecule has 1 aliphatic rings. The molecule has 1 aromatic rings. The predicted octanol–water partition coefficient (Wildman–Crippen LogP) is 1.85. The Labute approximate surface area is 104 Å². The maximum atomic E-state index is 10.9. The Morgan fingerprint density at radius 2 is 2.38 bits per heavy atom. The number of hydrogen-bond acceptors (Lipinski definition) is 2. The molecule has 0 spiro atoms. The average molecular weight is 283 g/mol. The third-order valence-electron chi connectivity index (χ3n) is 2.94. The van der Waals surface area contributed by atoms with Crippen molar-refractivity contribution in [2.75, 3.05) is 13.1 Å². The Kier molecular flexibility index (Phi) is 3.30. The molecule has 0 aliphatic carbocycles. The maximum absolute atomic E-state index is 10.9. The molecule has 1 aliphatic heterocycles. The fraction of sp³-hybridized carbons (Fsp3) is 0.417. The number of amides is 1. The van der Waals surface area contributed by atoms with E-state index < -0.39 is 0 Å². The Morgan fingerprint density at radius 3 is 3.06 bits per heavy atom. The Bertz CT molecular complexity index is 419. The normalized spacial score (nSPS) is 20.5. The number of benzene rings is 1. The topological polar surface area (TPSA) is 46.3 Å². The van der Waals surface area contributed by atoms with Crippen molar-refractivity contribution in [2.45, 2.75) is 19.4 Å². The van der Waals surface area contributed by atoms with Crippen LogP contribution in [0.3, 0.4) is 0 Å². The number of halogens is 1. The van der Waals surface area contributed by atoms with E-state index in [2.05, 4.69) is 39.9 Å². The molecule has 1 amide bonds. The number of nitrogens with zero attached hydrogens (tertiary/aromatic N) is 1. The fourth-order valence-electron chi connectivity index (χ4n) is 2.40. The van der Waals surface area contributed by atoms with Gasteiger partial charge in [-0.3, -0.25) is 9.69 Å². The van der Waals surface area contributed by atoms with E-state index in [1.807, 2.05) is 6.07 Å². The van der Waals surface area contributed by atoms with Gasteiger partial charge < -0.3 is 5.73 Å². The van der Waals surface area contributed by atoms with Gasteiger partial charge in [0.2, 0.25) is 5.91 Å². The number of fused-ring (bicyclic) bond motifs is 1. The Hall–Kier alpha value is -0.870. The van der Waals surface area contributed by atoms with Gasteiger partial charge in [0.25, 0.3) is 0 Å². The van der Waals surface area contributed by atoms with E-state index >= 15 is 0 Å². The lowest BCUT2D eigenvalue weighted by Crippen LogP contribution is -2.38. The number of primary amides is 1. The van der Waals surface area contributed by atoms with Gasteiger partial charge in [-0.05, 0) is 23.1 Å². The van der Waals surface area contributed by atoms with Crippen LogP contribution in [0.4, 0.5) is 0 Å². The van der Waals surface area contributed by atoms with Gasteiger partial charge in [-0.15, -0.1) is 0 Å². The van der Waals surface area contributed by atoms with Gasteiger partial charge in [-0.1, -0.05) is 35.0 Å². The quantitative estimate of drug-likeness (QED) is 0.900. The van der Waals surface area contributed by atoms with Crippen LogP contribution in [0.25, 0.3) is 0 Å². The van der Waals surface area contributed by atoms with Gasteiger partial charge in [0.1, 0.15) is 0 Å². The first kappa shape index (κ1) is 11.6. The number of rotatable bonds is 2. The van der Waals surface area contributed by atoms with Crippen molar-refractivity contribution < 1.29 is 4.79 Å². The van der Waals surface area contributed by atoms with E-state index in [0.717, 1.165) is 17.6 Å². The lowest BCUT2D eigenvalue weighted by atomic mass is 9.91. The highest BCUT2D eigenvalue weighted by Crippen LogP contribution is 2.33. The van der Waals surface area contributed by atoms with Crippen LogP contribution in [0, 0.1) is 0 Å². The summed E-state index contributed by atoms with van der Waals surface area (Å²) in [7, 11) is 0. The summed E-state index contributed by atoms with van der Waals surface area (Å²) < 4.78 is 1.16. The molecule has 86 valence electrons. The van der Waals surface area contributed by atoms with E-state index in [1.54, 1.807) is 0 Å².